The molecule has 11 aromatic rings. The number of fused-ring (bicyclic) bond motifs is 9. The highest BCUT2D eigenvalue weighted by Gasteiger charge is 2.19. The molecule has 2 heteroatoms. The Morgan fingerprint density at radius 2 is 0.759 bits per heavy atom. The molecule has 250 valence electrons. The molecule has 0 atom stereocenters. The fourth-order valence-corrected chi connectivity index (χ4v) is 8.57. The number of pyridine rings is 2. The molecule has 0 radical (unpaired) electrons. The third-order valence-electron chi connectivity index (χ3n) is 11.1. The van der Waals surface area contributed by atoms with Crippen molar-refractivity contribution in [3.63, 3.8) is 0 Å². The first-order valence-electron chi connectivity index (χ1n) is 18.5. The van der Waals surface area contributed by atoms with Gasteiger partial charge in [-0.25, -0.2) is 4.98 Å². The van der Waals surface area contributed by atoms with Crippen molar-refractivity contribution >= 4 is 64.8 Å². The number of benzene rings is 9. The monoisotopic (exact) mass is 684 g/mol. The molecule has 2 nitrogen and oxygen atoms in total. The Balaban J connectivity index is 1.26. The average molecular weight is 685 g/mol. The van der Waals surface area contributed by atoms with Crippen molar-refractivity contribution < 1.29 is 0 Å². The molecular weight excluding hydrogens is 653 g/mol. The molecule has 0 saturated heterocycles. The molecule has 2 heterocycles. The van der Waals surface area contributed by atoms with Crippen LogP contribution in [0.5, 0.6) is 0 Å². The van der Waals surface area contributed by atoms with Crippen molar-refractivity contribution in [2.24, 2.45) is 0 Å². The standard InChI is InChI=1S/C52H32N2/c1-3-15-38-35(12-1)28-46(42-19-7-5-17-40(38)42)48-30-50-49(47-29-36-13-2-4-16-39(36)41-18-6-8-20-43(41)47)31-51(54-52(50)45-22-10-9-21-44(45)48)34-25-23-33(24-26-34)37-14-11-27-53-32-37/h1-32H. The summed E-state index contributed by atoms with van der Waals surface area (Å²) in [5, 5.41) is 13.4. The van der Waals surface area contributed by atoms with E-state index >= 15 is 0 Å². The van der Waals surface area contributed by atoms with Crippen molar-refractivity contribution in [3.05, 3.63) is 194 Å². The Bertz CT molecular complexity index is 3250. The van der Waals surface area contributed by atoms with E-state index in [1.807, 2.05) is 18.5 Å². The first-order chi connectivity index (χ1) is 26.8. The summed E-state index contributed by atoms with van der Waals surface area (Å²) in [5.74, 6) is 0. The zero-order chi connectivity index (χ0) is 35.6. The summed E-state index contributed by atoms with van der Waals surface area (Å²) in [4.78, 5) is 9.88. The highest BCUT2D eigenvalue weighted by molar-refractivity contribution is 6.23. The van der Waals surface area contributed by atoms with Gasteiger partial charge in [0.15, 0.2) is 0 Å². The van der Waals surface area contributed by atoms with Gasteiger partial charge in [-0.1, -0.05) is 152 Å². The topological polar surface area (TPSA) is 25.8 Å². The Labute approximate surface area is 312 Å². The van der Waals surface area contributed by atoms with Crippen molar-refractivity contribution in [1.82, 2.24) is 9.97 Å². The first kappa shape index (κ1) is 30.5. The van der Waals surface area contributed by atoms with Gasteiger partial charge in [-0.3, -0.25) is 4.98 Å². The van der Waals surface area contributed by atoms with Crippen LogP contribution < -0.4 is 0 Å². The normalized spacial score (nSPS) is 11.7. The molecule has 0 fully saturated rings. The summed E-state index contributed by atoms with van der Waals surface area (Å²) < 4.78 is 0. The molecule has 0 bridgehead atoms. The van der Waals surface area contributed by atoms with Crippen molar-refractivity contribution in [2.75, 3.05) is 0 Å². The predicted molar refractivity (Wildman–Crippen MR) is 229 cm³/mol. The van der Waals surface area contributed by atoms with Crippen molar-refractivity contribution in [3.8, 4) is 44.6 Å². The smallest absolute Gasteiger partial charge is 0.0794 e. The van der Waals surface area contributed by atoms with Crippen LogP contribution in [0.25, 0.3) is 109 Å². The van der Waals surface area contributed by atoms with Gasteiger partial charge in [-0.15, -0.1) is 0 Å². The molecule has 2 aromatic heterocycles. The molecule has 0 unspecified atom stereocenters. The summed E-state index contributed by atoms with van der Waals surface area (Å²) in [6.45, 7) is 0. The van der Waals surface area contributed by atoms with Gasteiger partial charge in [0, 0.05) is 28.7 Å². The van der Waals surface area contributed by atoms with Gasteiger partial charge in [-0.2, -0.15) is 0 Å². The lowest BCUT2D eigenvalue weighted by Gasteiger charge is -2.19. The lowest BCUT2D eigenvalue weighted by atomic mass is 9.86. The molecule has 9 aromatic carbocycles. The molecule has 11 rings (SSSR count). The molecule has 0 N–H and O–H groups in total. The highest BCUT2D eigenvalue weighted by atomic mass is 14.7. The van der Waals surface area contributed by atoms with Gasteiger partial charge in [-0.05, 0) is 112 Å². The summed E-state index contributed by atoms with van der Waals surface area (Å²) in [6, 6.07) is 66.2. The second-order valence-corrected chi connectivity index (χ2v) is 14.1. The average Bonchev–Trinajstić information content (AvgIpc) is 3.25. The number of rotatable bonds is 4. The number of hydrogen-bond acceptors (Lipinski definition) is 2. The van der Waals surface area contributed by atoms with Crippen LogP contribution in [0.1, 0.15) is 0 Å². The summed E-state index contributed by atoms with van der Waals surface area (Å²) in [6.07, 6.45) is 3.72. The number of hydrogen-bond donors (Lipinski definition) is 0. The van der Waals surface area contributed by atoms with Gasteiger partial charge in [0.2, 0.25) is 0 Å². The van der Waals surface area contributed by atoms with E-state index in [4.69, 9.17) is 4.98 Å². The van der Waals surface area contributed by atoms with Gasteiger partial charge >= 0.3 is 0 Å². The molecule has 0 saturated carbocycles. The minimum atomic E-state index is 0.946. The van der Waals surface area contributed by atoms with Crippen LogP contribution in [0.4, 0.5) is 0 Å². The molecule has 0 aliphatic heterocycles. The summed E-state index contributed by atoms with van der Waals surface area (Å²) in [7, 11) is 0. The van der Waals surface area contributed by atoms with Crippen LogP contribution >= 0.6 is 0 Å². The van der Waals surface area contributed by atoms with Crippen LogP contribution in [-0.2, 0) is 0 Å². The van der Waals surface area contributed by atoms with Gasteiger partial charge < -0.3 is 0 Å². The molecular formula is C52H32N2. The Kier molecular flexibility index (Phi) is 6.90. The quantitative estimate of drug-likeness (QED) is 0.172. The van der Waals surface area contributed by atoms with Crippen LogP contribution in [-0.4, -0.2) is 9.97 Å². The van der Waals surface area contributed by atoms with Crippen LogP contribution in [0.3, 0.4) is 0 Å². The van der Waals surface area contributed by atoms with Crippen LogP contribution in [0, 0.1) is 0 Å². The lowest BCUT2D eigenvalue weighted by molar-refractivity contribution is 1.33. The highest BCUT2D eigenvalue weighted by Crippen LogP contribution is 2.45. The minimum Gasteiger partial charge on any atom is -0.264 e. The minimum absolute atomic E-state index is 0.946. The maximum atomic E-state index is 5.54. The molecule has 0 aliphatic rings. The van der Waals surface area contributed by atoms with E-state index in [1.165, 1.54) is 70.7 Å². The number of nitrogens with zero attached hydrogens (tertiary/aromatic N) is 2. The maximum Gasteiger partial charge on any atom is 0.0794 e. The molecule has 0 aliphatic carbocycles. The van der Waals surface area contributed by atoms with E-state index in [2.05, 4.69) is 181 Å². The molecule has 0 amide bonds. The summed E-state index contributed by atoms with van der Waals surface area (Å²) in [5.41, 5.74) is 10.1. The van der Waals surface area contributed by atoms with E-state index in [0.717, 1.165) is 38.7 Å². The zero-order valence-corrected chi connectivity index (χ0v) is 29.4. The van der Waals surface area contributed by atoms with Crippen molar-refractivity contribution in [1.29, 1.82) is 0 Å². The van der Waals surface area contributed by atoms with E-state index in [9.17, 15) is 0 Å². The van der Waals surface area contributed by atoms with Crippen LogP contribution in [0.15, 0.2) is 194 Å². The third-order valence-corrected chi connectivity index (χ3v) is 11.1. The first-order valence-corrected chi connectivity index (χ1v) is 18.5. The fourth-order valence-electron chi connectivity index (χ4n) is 8.57. The van der Waals surface area contributed by atoms with Gasteiger partial charge in [0.1, 0.15) is 0 Å². The Hall–Kier alpha value is -7.16. The Morgan fingerprint density at radius 3 is 1.33 bits per heavy atom. The predicted octanol–water partition coefficient (Wildman–Crippen LogP) is 14.1. The maximum absolute atomic E-state index is 5.54. The van der Waals surface area contributed by atoms with E-state index in [-0.39, 0.29) is 0 Å². The number of aromatic nitrogens is 2. The third kappa shape index (κ3) is 4.81. The summed E-state index contributed by atoms with van der Waals surface area (Å²) >= 11 is 0. The van der Waals surface area contributed by atoms with E-state index in [1.54, 1.807) is 0 Å². The molecule has 0 spiro atoms. The second-order valence-electron chi connectivity index (χ2n) is 14.1. The largest absolute Gasteiger partial charge is 0.264 e. The van der Waals surface area contributed by atoms with Crippen LogP contribution in [0.2, 0.25) is 0 Å². The lowest BCUT2D eigenvalue weighted by Crippen LogP contribution is -1.95. The Morgan fingerprint density at radius 1 is 0.296 bits per heavy atom. The molecule has 54 heavy (non-hydrogen) atoms. The van der Waals surface area contributed by atoms with Gasteiger partial charge in [0.05, 0.1) is 11.2 Å². The van der Waals surface area contributed by atoms with Crippen molar-refractivity contribution in [2.45, 2.75) is 0 Å². The second kappa shape index (κ2) is 12.2. The van der Waals surface area contributed by atoms with E-state index in [0.29, 0.717) is 0 Å². The zero-order valence-electron chi connectivity index (χ0n) is 29.4. The van der Waals surface area contributed by atoms with Gasteiger partial charge in [0.25, 0.3) is 0 Å². The fraction of sp³-hybridized carbons (Fsp3) is 0. The SMILES string of the molecule is c1cncc(-c2ccc(-c3cc(-c4cc5ccccc5c5ccccc45)c4cc(-c5cc6ccccc6c6ccccc56)c5ccccc5c4n3)cc2)c1. The van der Waals surface area contributed by atoms with E-state index < -0.39 is 0 Å².